The Bertz CT molecular complexity index is 1130. The van der Waals surface area contributed by atoms with Gasteiger partial charge in [-0.2, -0.15) is 21.6 Å². The second kappa shape index (κ2) is 9.06. The molecule has 7 nitrogen and oxygen atoms in total. The van der Waals surface area contributed by atoms with Crippen molar-refractivity contribution in [2.24, 2.45) is 0 Å². The van der Waals surface area contributed by atoms with Crippen LogP contribution in [0.5, 0.6) is 5.75 Å². The van der Waals surface area contributed by atoms with Crippen molar-refractivity contribution in [2.45, 2.75) is 19.5 Å². The van der Waals surface area contributed by atoms with Gasteiger partial charge >= 0.3 is 6.18 Å². The van der Waals surface area contributed by atoms with Gasteiger partial charge in [-0.15, -0.1) is 5.10 Å². The van der Waals surface area contributed by atoms with Crippen LogP contribution in [0.15, 0.2) is 54.1 Å². The molecular formula is C20H20F3N3O4S. The quantitative estimate of drug-likeness (QED) is 0.462. The third-order valence-electron chi connectivity index (χ3n) is 4.14. The average Bonchev–Trinajstić information content (AvgIpc) is 3.03. The van der Waals surface area contributed by atoms with Gasteiger partial charge < -0.3 is 4.74 Å². The first-order valence-electron chi connectivity index (χ1n) is 9.19. The van der Waals surface area contributed by atoms with Crippen LogP contribution in [0.4, 0.5) is 13.2 Å². The van der Waals surface area contributed by atoms with Crippen molar-refractivity contribution in [1.29, 1.82) is 0 Å². The summed E-state index contributed by atoms with van der Waals surface area (Å²) in [4.78, 5) is 3.72. The normalized spacial score (nSPS) is 14.7. The highest BCUT2D eigenvalue weighted by Gasteiger charge is 2.37. The van der Waals surface area contributed by atoms with Crippen molar-refractivity contribution in [3.63, 3.8) is 0 Å². The number of hydrogen-bond donors (Lipinski definition) is 0. The van der Waals surface area contributed by atoms with E-state index in [9.17, 15) is 21.6 Å². The first-order chi connectivity index (χ1) is 14.5. The Morgan fingerprint density at radius 3 is 2.48 bits per heavy atom. The van der Waals surface area contributed by atoms with Crippen LogP contribution in [0.3, 0.4) is 0 Å². The lowest BCUT2D eigenvalue weighted by Gasteiger charge is -2.09. The topological polar surface area (TPSA) is 83.3 Å². The molecule has 0 aliphatic heterocycles. The molecule has 2 aromatic rings. The molecule has 0 unspecified atom stereocenters. The summed E-state index contributed by atoms with van der Waals surface area (Å²) in [6, 6.07) is 6.21. The molecule has 3 rings (SSSR count). The lowest BCUT2D eigenvalue weighted by Crippen LogP contribution is -2.11. The molecule has 1 heterocycles. The van der Waals surface area contributed by atoms with Crippen molar-refractivity contribution in [2.75, 3.05) is 19.5 Å². The van der Waals surface area contributed by atoms with Crippen LogP contribution >= 0.6 is 0 Å². The van der Waals surface area contributed by atoms with E-state index >= 15 is 0 Å². The van der Waals surface area contributed by atoms with Gasteiger partial charge in [0, 0.05) is 17.7 Å². The molecule has 0 fully saturated rings. The first-order valence-corrected chi connectivity index (χ1v) is 11.0. The fourth-order valence-electron chi connectivity index (χ4n) is 2.74. The van der Waals surface area contributed by atoms with Gasteiger partial charge in [0.15, 0.2) is 5.82 Å². The Morgan fingerprint density at radius 2 is 1.84 bits per heavy atom. The number of benzene rings is 1. The summed E-state index contributed by atoms with van der Waals surface area (Å²) in [6.07, 6.45) is 3.88. The Kier molecular flexibility index (Phi) is 6.65. The summed E-state index contributed by atoms with van der Waals surface area (Å²) in [5.41, 5.74) is 1.93. The summed E-state index contributed by atoms with van der Waals surface area (Å²) in [6.45, 7) is 1.73. The molecule has 11 heteroatoms. The van der Waals surface area contributed by atoms with E-state index in [4.69, 9.17) is 4.74 Å². The minimum Gasteiger partial charge on any atom is -0.491 e. The van der Waals surface area contributed by atoms with Crippen LogP contribution in [0.25, 0.3) is 17.1 Å². The molecule has 0 radical (unpaired) electrons. The smallest absolute Gasteiger partial charge is 0.453 e. The molecule has 0 saturated heterocycles. The van der Waals surface area contributed by atoms with Crippen molar-refractivity contribution in [3.8, 4) is 17.1 Å². The maximum atomic E-state index is 13.3. The van der Waals surface area contributed by atoms with Gasteiger partial charge in [-0.05, 0) is 37.3 Å². The van der Waals surface area contributed by atoms with E-state index in [1.54, 1.807) is 36.4 Å². The van der Waals surface area contributed by atoms with Crippen LogP contribution in [0.2, 0.25) is 0 Å². The summed E-state index contributed by atoms with van der Waals surface area (Å²) >= 11 is 0. The highest BCUT2D eigenvalue weighted by molar-refractivity contribution is 7.85. The lowest BCUT2D eigenvalue weighted by atomic mass is 10.2. The maximum absolute atomic E-state index is 13.3. The number of ether oxygens (including phenoxy) is 1. The number of nitrogens with zero attached hydrogens (tertiary/aromatic N) is 3. The fraction of sp³-hybridized carbons (Fsp3) is 0.300. The maximum Gasteiger partial charge on any atom is 0.453 e. The van der Waals surface area contributed by atoms with E-state index in [1.807, 2.05) is 19.1 Å². The Balaban J connectivity index is 1.86. The van der Waals surface area contributed by atoms with Gasteiger partial charge in [0.05, 0.1) is 6.26 Å². The molecule has 166 valence electrons. The number of rotatable bonds is 7. The molecule has 0 amide bonds. The summed E-state index contributed by atoms with van der Waals surface area (Å²) in [7, 11) is -3.56. The summed E-state index contributed by atoms with van der Waals surface area (Å²) in [5.74, 6) is -0.777. The van der Waals surface area contributed by atoms with E-state index in [-0.39, 0.29) is 19.0 Å². The number of hydrogen-bond acceptors (Lipinski definition) is 6. The van der Waals surface area contributed by atoms with Gasteiger partial charge in [0.1, 0.15) is 19.0 Å². The highest BCUT2D eigenvalue weighted by Crippen LogP contribution is 2.32. The van der Waals surface area contributed by atoms with Crippen LogP contribution in [-0.2, 0) is 20.5 Å². The third kappa shape index (κ3) is 6.28. The van der Waals surface area contributed by atoms with Crippen LogP contribution in [0.1, 0.15) is 19.2 Å². The summed E-state index contributed by atoms with van der Waals surface area (Å²) in [5, 5.41) is 3.70. The predicted octanol–water partition coefficient (Wildman–Crippen LogP) is 4.07. The van der Waals surface area contributed by atoms with E-state index < -0.39 is 22.1 Å². The van der Waals surface area contributed by atoms with Gasteiger partial charge in [-0.1, -0.05) is 23.8 Å². The number of allylic oxidation sites excluding steroid dienone is 6. The van der Waals surface area contributed by atoms with Crippen LogP contribution in [0, 0.1) is 0 Å². The SMILES string of the molecule is CC1=CC=C(n2nc(C(F)(F)F)nc2-c2ccc(OCCOS(C)(=O)=O)cc2)CC=C1. The van der Waals surface area contributed by atoms with E-state index in [1.165, 1.54) is 4.68 Å². The van der Waals surface area contributed by atoms with Crippen LogP contribution in [-0.4, -0.2) is 42.7 Å². The lowest BCUT2D eigenvalue weighted by molar-refractivity contribution is -0.144. The van der Waals surface area contributed by atoms with Gasteiger partial charge in [0.2, 0.25) is 0 Å². The third-order valence-corrected chi connectivity index (χ3v) is 4.74. The van der Waals surface area contributed by atoms with Crippen molar-refractivity contribution < 1.29 is 30.5 Å². The number of aromatic nitrogens is 3. The second-order valence-electron chi connectivity index (χ2n) is 6.74. The Morgan fingerprint density at radius 1 is 1.13 bits per heavy atom. The Labute approximate surface area is 177 Å². The average molecular weight is 455 g/mol. The van der Waals surface area contributed by atoms with E-state index in [0.29, 0.717) is 23.4 Å². The fourth-order valence-corrected chi connectivity index (χ4v) is 3.11. The van der Waals surface area contributed by atoms with Crippen molar-refractivity contribution in [3.05, 3.63) is 60.0 Å². The van der Waals surface area contributed by atoms with Crippen LogP contribution < -0.4 is 4.74 Å². The molecule has 31 heavy (non-hydrogen) atoms. The van der Waals surface area contributed by atoms with Crippen molar-refractivity contribution in [1.82, 2.24) is 14.8 Å². The molecule has 0 N–H and O–H groups in total. The van der Waals surface area contributed by atoms with Gasteiger partial charge in [-0.3, -0.25) is 4.18 Å². The van der Waals surface area contributed by atoms with E-state index in [2.05, 4.69) is 14.3 Å². The molecule has 1 aliphatic carbocycles. The molecule has 0 saturated carbocycles. The zero-order valence-electron chi connectivity index (χ0n) is 16.8. The summed E-state index contributed by atoms with van der Waals surface area (Å²) < 4.78 is 72.8. The number of halogens is 3. The second-order valence-corrected chi connectivity index (χ2v) is 8.39. The van der Waals surface area contributed by atoms with Gasteiger partial charge in [0.25, 0.3) is 15.9 Å². The van der Waals surface area contributed by atoms with Crippen molar-refractivity contribution >= 4 is 15.8 Å². The zero-order chi connectivity index (χ0) is 22.6. The minimum atomic E-state index is -4.68. The standard InChI is InChI=1S/C20H20F3N3O4S/c1-14-4-3-5-16(9-6-14)26-18(24-19(25-26)20(21,22)23)15-7-10-17(11-8-15)29-12-13-30-31(2,27)28/h3-4,6-11H,5,12-13H2,1-2H3. The minimum absolute atomic E-state index is 0.00821. The molecule has 1 aromatic heterocycles. The molecule has 0 spiro atoms. The molecule has 1 aliphatic rings. The Hall–Kier alpha value is -2.92. The predicted molar refractivity (Wildman–Crippen MR) is 109 cm³/mol. The molecule has 1 aromatic carbocycles. The molecule has 0 bridgehead atoms. The van der Waals surface area contributed by atoms with E-state index in [0.717, 1.165) is 11.8 Å². The highest BCUT2D eigenvalue weighted by atomic mass is 32.2. The first kappa shape index (κ1) is 22.8. The largest absolute Gasteiger partial charge is 0.491 e. The monoisotopic (exact) mass is 455 g/mol. The number of alkyl halides is 3. The molecule has 0 atom stereocenters. The zero-order valence-corrected chi connectivity index (χ0v) is 17.6. The molecular weight excluding hydrogens is 435 g/mol. The van der Waals surface area contributed by atoms with Gasteiger partial charge in [-0.25, -0.2) is 9.67 Å².